The summed E-state index contributed by atoms with van der Waals surface area (Å²) in [6.07, 6.45) is 91.3. The van der Waals surface area contributed by atoms with Crippen molar-refractivity contribution in [3.8, 4) is 0 Å². The number of quaternary nitrogens is 1. The summed E-state index contributed by atoms with van der Waals surface area (Å²) in [6.45, 7) is 4.57. The highest BCUT2D eigenvalue weighted by Gasteiger charge is 2.23. The number of hydrogen-bond acceptors (Lipinski definition) is 6. The van der Waals surface area contributed by atoms with Gasteiger partial charge in [0.1, 0.15) is 13.2 Å². The smallest absolute Gasteiger partial charge is 0.268 e. The van der Waals surface area contributed by atoms with Crippen LogP contribution in [0.3, 0.4) is 0 Å². The zero-order chi connectivity index (χ0) is 60.5. The van der Waals surface area contributed by atoms with Crippen LogP contribution < -0.4 is 10.2 Å². The van der Waals surface area contributed by atoms with Crippen LogP contribution in [0.5, 0.6) is 0 Å². The molecule has 0 saturated heterocycles. The van der Waals surface area contributed by atoms with Gasteiger partial charge in [0, 0.05) is 6.42 Å². The van der Waals surface area contributed by atoms with E-state index in [1.54, 1.807) is 6.08 Å². The molecule has 3 unspecified atom stereocenters. The predicted molar refractivity (Wildman–Crippen MR) is 362 cm³/mol. The molecule has 9 heteroatoms. The van der Waals surface area contributed by atoms with Crippen molar-refractivity contribution >= 4 is 13.7 Å². The van der Waals surface area contributed by atoms with Crippen molar-refractivity contribution in [2.45, 2.75) is 341 Å². The molecule has 2 N–H and O–H groups in total. The van der Waals surface area contributed by atoms with Gasteiger partial charge in [-0.1, -0.05) is 336 Å². The number of nitrogens with zero attached hydrogens (tertiary/aromatic N) is 1. The van der Waals surface area contributed by atoms with Gasteiger partial charge in [0.05, 0.1) is 39.9 Å². The molecule has 0 aromatic heterocycles. The third-order valence-electron chi connectivity index (χ3n) is 15.9. The van der Waals surface area contributed by atoms with Gasteiger partial charge in [-0.3, -0.25) is 9.36 Å². The van der Waals surface area contributed by atoms with Crippen molar-refractivity contribution in [3.05, 3.63) is 85.1 Å². The van der Waals surface area contributed by atoms with Crippen molar-refractivity contribution in [1.29, 1.82) is 0 Å². The Labute approximate surface area is 516 Å². The fourth-order valence-electron chi connectivity index (χ4n) is 10.4. The fraction of sp³-hybridized carbons (Fsp3) is 0.797. The molecule has 0 aliphatic rings. The summed E-state index contributed by atoms with van der Waals surface area (Å²) in [4.78, 5) is 25.6. The zero-order valence-electron chi connectivity index (χ0n) is 55.4. The normalized spacial score (nSPS) is 14.2. The Hall–Kier alpha value is -2.32. The molecule has 0 bridgehead atoms. The van der Waals surface area contributed by atoms with E-state index in [1.807, 2.05) is 27.2 Å². The lowest BCUT2D eigenvalue weighted by molar-refractivity contribution is -0.870. The number of unbranched alkanes of at least 4 members (excludes halogenated alkanes) is 40. The van der Waals surface area contributed by atoms with E-state index in [0.717, 1.165) is 83.5 Å². The Bertz CT molecular complexity index is 1630. The van der Waals surface area contributed by atoms with Gasteiger partial charge in [0.25, 0.3) is 7.82 Å². The van der Waals surface area contributed by atoms with E-state index >= 15 is 0 Å². The van der Waals surface area contributed by atoms with Crippen LogP contribution in [0.1, 0.15) is 328 Å². The Morgan fingerprint density at radius 3 is 1.07 bits per heavy atom. The molecule has 0 aliphatic carbocycles. The maximum atomic E-state index is 13.0. The third kappa shape index (κ3) is 67.1. The molecule has 0 spiro atoms. The topological polar surface area (TPSA) is 108 Å². The number of phosphoric acid groups is 1. The van der Waals surface area contributed by atoms with Gasteiger partial charge in [-0.25, -0.2) is 0 Å². The minimum atomic E-state index is -4.61. The van der Waals surface area contributed by atoms with Gasteiger partial charge < -0.3 is 28.8 Å². The summed E-state index contributed by atoms with van der Waals surface area (Å²) in [5.41, 5.74) is 0. The van der Waals surface area contributed by atoms with Crippen LogP contribution in [0, 0.1) is 0 Å². The lowest BCUT2D eigenvalue weighted by Crippen LogP contribution is -2.45. The van der Waals surface area contributed by atoms with E-state index < -0.39 is 20.0 Å². The number of phosphoric ester groups is 1. The number of likely N-dealkylation sites (N-methyl/N-ethyl adjacent to an activating group) is 1. The Balaban J connectivity index is 4.09. The number of carbonyl (C=O) groups excluding carboxylic acids is 1. The number of aliphatic hydroxyl groups is 1. The van der Waals surface area contributed by atoms with Crippen LogP contribution in [0.2, 0.25) is 0 Å². The van der Waals surface area contributed by atoms with E-state index in [4.69, 9.17) is 9.05 Å². The van der Waals surface area contributed by atoms with Crippen molar-refractivity contribution in [2.24, 2.45) is 0 Å². The molecular formula is C74H137N2O6P. The molecule has 0 fully saturated rings. The van der Waals surface area contributed by atoms with Gasteiger partial charge >= 0.3 is 0 Å². The summed E-state index contributed by atoms with van der Waals surface area (Å²) >= 11 is 0. The lowest BCUT2D eigenvalue weighted by Gasteiger charge is -2.29. The fourth-order valence-corrected chi connectivity index (χ4v) is 11.1. The lowest BCUT2D eigenvalue weighted by atomic mass is 10.0. The first kappa shape index (κ1) is 80.7. The summed E-state index contributed by atoms with van der Waals surface area (Å²) in [5, 5.41) is 14.0. The first-order valence-electron chi connectivity index (χ1n) is 35.4. The third-order valence-corrected chi connectivity index (χ3v) is 16.8. The van der Waals surface area contributed by atoms with Gasteiger partial charge in [0.15, 0.2) is 0 Å². The van der Waals surface area contributed by atoms with Gasteiger partial charge in [0.2, 0.25) is 5.91 Å². The number of aliphatic hydroxyl groups excluding tert-OH is 1. The highest BCUT2D eigenvalue weighted by atomic mass is 31.2. The first-order valence-corrected chi connectivity index (χ1v) is 36.9. The Morgan fingerprint density at radius 2 is 0.735 bits per heavy atom. The number of allylic oxidation sites excluding steroid dienone is 13. The predicted octanol–water partition coefficient (Wildman–Crippen LogP) is 22.1. The van der Waals surface area contributed by atoms with E-state index in [-0.39, 0.29) is 19.1 Å². The maximum absolute atomic E-state index is 13.0. The highest BCUT2D eigenvalue weighted by Crippen LogP contribution is 2.38. The van der Waals surface area contributed by atoms with Gasteiger partial charge in [-0.15, -0.1) is 0 Å². The second-order valence-corrected chi connectivity index (χ2v) is 26.6. The molecule has 8 nitrogen and oxygen atoms in total. The van der Waals surface area contributed by atoms with Crippen molar-refractivity contribution in [2.75, 3.05) is 40.9 Å². The molecule has 0 rings (SSSR count). The Kier molecular flexibility index (Phi) is 62.4. The summed E-state index contributed by atoms with van der Waals surface area (Å²) in [6, 6.07) is -0.896. The molecule has 0 radical (unpaired) electrons. The van der Waals surface area contributed by atoms with Crippen molar-refractivity contribution in [3.63, 3.8) is 0 Å². The molecule has 0 saturated carbocycles. The molecule has 0 aromatic rings. The average Bonchev–Trinajstić information content (AvgIpc) is 3.50. The van der Waals surface area contributed by atoms with Crippen LogP contribution in [-0.2, 0) is 18.4 Å². The second kappa shape index (κ2) is 64.2. The molecule has 0 heterocycles. The second-order valence-electron chi connectivity index (χ2n) is 25.2. The van der Waals surface area contributed by atoms with Crippen molar-refractivity contribution in [1.82, 2.24) is 5.32 Å². The molecule has 1 amide bonds. The molecule has 3 atom stereocenters. The van der Waals surface area contributed by atoms with Crippen LogP contribution in [-0.4, -0.2) is 68.5 Å². The van der Waals surface area contributed by atoms with E-state index in [1.165, 1.54) is 225 Å². The number of hydrogen-bond donors (Lipinski definition) is 2. The van der Waals surface area contributed by atoms with E-state index in [0.29, 0.717) is 17.4 Å². The van der Waals surface area contributed by atoms with Crippen LogP contribution in [0.25, 0.3) is 0 Å². The quantitative estimate of drug-likeness (QED) is 0.0272. The maximum Gasteiger partial charge on any atom is 0.268 e. The van der Waals surface area contributed by atoms with Gasteiger partial charge in [-0.2, -0.15) is 0 Å². The number of nitrogens with one attached hydrogen (secondary N) is 1. The number of carbonyl (C=O) groups is 1. The monoisotopic (exact) mass is 1180 g/mol. The summed E-state index contributed by atoms with van der Waals surface area (Å²) in [7, 11) is 1.26. The SMILES string of the molecule is CC/C=C\C/C=C\C/C=C\C/C=C\C/C=C\C/C=C\CCCCCCCCCCCCC(=O)NC(COP(=O)([O-])OCC[N+](C)(C)C)C(O)/C=C/CCCCCCCCCCCCCCCCCCCCCCCCCCCCCCCC. The summed E-state index contributed by atoms with van der Waals surface area (Å²) < 4.78 is 23.5. The molecule has 484 valence electrons. The molecule has 83 heavy (non-hydrogen) atoms. The zero-order valence-corrected chi connectivity index (χ0v) is 56.3. The minimum absolute atomic E-state index is 0.00477. The van der Waals surface area contributed by atoms with Crippen LogP contribution in [0.15, 0.2) is 85.1 Å². The average molecular weight is 1180 g/mol. The van der Waals surface area contributed by atoms with Crippen LogP contribution in [0.4, 0.5) is 0 Å². The Morgan fingerprint density at radius 1 is 0.434 bits per heavy atom. The number of amides is 1. The highest BCUT2D eigenvalue weighted by molar-refractivity contribution is 7.45. The molecule has 0 aromatic carbocycles. The van der Waals surface area contributed by atoms with Crippen molar-refractivity contribution < 1.29 is 32.9 Å². The van der Waals surface area contributed by atoms with Crippen LogP contribution >= 0.6 is 7.82 Å². The molecular weight excluding hydrogens is 1040 g/mol. The first-order chi connectivity index (χ1) is 40.5. The van der Waals surface area contributed by atoms with Gasteiger partial charge in [-0.05, 0) is 70.6 Å². The largest absolute Gasteiger partial charge is 0.756 e. The van der Waals surface area contributed by atoms with E-state index in [2.05, 4.69) is 92.1 Å². The summed E-state index contributed by atoms with van der Waals surface area (Å²) in [5.74, 6) is -0.201. The standard InChI is InChI=1S/C74H137N2O6P/c1-6-8-10-12-14-16-18-20-22-24-26-28-30-32-34-36-37-38-40-41-43-45-47-49-51-53-55-57-59-61-63-65-67-73(77)72(71-82-83(79,80)81-70-69-76(3,4)5)75-74(78)68-66-64-62-60-58-56-54-52-50-48-46-44-42-39-35-33-31-29-27-25-23-21-19-17-15-13-11-9-7-2/h9,11,15,17,21,23,27,29,33,35,42,44,65,67,72-73,77H,6-8,10,12-14,16,18-20,22,24-26,28,30-32,34,36-41,43,45-64,66,68-71H2,1-5H3,(H-,75,78,79,80)/b11-9-,17-15-,23-21-,29-27-,35-33-,44-42-,67-65+. The number of rotatable bonds is 65. The molecule has 0 aliphatic heterocycles. The minimum Gasteiger partial charge on any atom is -0.756 e. The van der Waals surface area contributed by atoms with E-state index in [9.17, 15) is 19.4 Å².